The van der Waals surface area contributed by atoms with E-state index < -0.39 is 0 Å². The van der Waals surface area contributed by atoms with E-state index >= 15 is 0 Å². The van der Waals surface area contributed by atoms with Crippen molar-refractivity contribution in [1.29, 1.82) is 10.5 Å². The molecule has 0 aromatic heterocycles. The van der Waals surface area contributed by atoms with Crippen LogP contribution in [0.25, 0.3) is 0 Å². The molecule has 0 bridgehead atoms. The maximum Gasteiger partial charge on any atom is 0.255 e. The molecule has 0 aliphatic rings. The highest BCUT2D eigenvalue weighted by atomic mass is 16.1. The Hall–Kier alpha value is -3.57. The summed E-state index contributed by atoms with van der Waals surface area (Å²) in [7, 11) is 0. The average Bonchev–Trinajstić information content (AvgIpc) is 2.59. The van der Waals surface area contributed by atoms with Gasteiger partial charge in [-0.1, -0.05) is 12.1 Å². The zero-order chi connectivity index (χ0) is 17.5. The van der Waals surface area contributed by atoms with E-state index in [-0.39, 0.29) is 11.5 Å². The number of benzene rings is 2. The molecule has 2 aromatic rings. The molecule has 2 N–H and O–H groups in total. The van der Waals surface area contributed by atoms with Crippen LogP contribution in [0.4, 0.5) is 11.4 Å². The Bertz CT molecular complexity index is 869. The second kappa shape index (κ2) is 7.62. The van der Waals surface area contributed by atoms with Crippen molar-refractivity contribution in [2.75, 3.05) is 10.6 Å². The largest absolute Gasteiger partial charge is 0.360 e. The molecule has 0 saturated carbocycles. The molecule has 0 radical (unpaired) electrons. The fourth-order valence-electron chi connectivity index (χ4n) is 2.02. The minimum atomic E-state index is -0.230. The zero-order valence-electron chi connectivity index (χ0n) is 13.4. The van der Waals surface area contributed by atoms with Gasteiger partial charge in [-0.05, 0) is 55.3 Å². The number of hydrogen-bond acceptors (Lipinski definition) is 4. The summed E-state index contributed by atoms with van der Waals surface area (Å²) in [5, 5.41) is 23.1. The lowest BCUT2D eigenvalue weighted by atomic mass is 10.1. The Morgan fingerprint density at radius 3 is 2.42 bits per heavy atom. The topological polar surface area (TPSA) is 88.7 Å². The SMILES string of the molecule is Cc1ccc(NC(=O)c2cccc(NC=C(C#N)C#N)c2)cc1C. The molecule has 118 valence electrons. The van der Waals surface area contributed by atoms with Gasteiger partial charge >= 0.3 is 0 Å². The second-order valence-electron chi connectivity index (χ2n) is 5.26. The molecule has 24 heavy (non-hydrogen) atoms. The smallest absolute Gasteiger partial charge is 0.255 e. The summed E-state index contributed by atoms with van der Waals surface area (Å²) in [6.07, 6.45) is 1.31. The average molecular weight is 316 g/mol. The zero-order valence-corrected chi connectivity index (χ0v) is 13.4. The van der Waals surface area contributed by atoms with Crippen LogP contribution >= 0.6 is 0 Å². The van der Waals surface area contributed by atoms with Gasteiger partial charge in [0, 0.05) is 23.1 Å². The Kier molecular flexibility index (Phi) is 5.33. The van der Waals surface area contributed by atoms with Crippen LogP contribution in [0, 0.1) is 36.5 Å². The normalized spacial score (nSPS) is 9.33. The summed E-state index contributed by atoms with van der Waals surface area (Å²) in [5.41, 5.74) is 4.05. The molecule has 2 aromatic carbocycles. The van der Waals surface area contributed by atoms with Gasteiger partial charge in [0.05, 0.1) is 0 Å². The lowest BCUT2D eigenvalue weighted by molar-refractivity contribution is 0.102. The van der Waals surface area contributed by atoms with E-state index in [1.54, 1.807) is 36.4 Å². The predicted octanol–water partition coefficient (Wildman–Crippen LogP) is 3.90. The fraction of sp³-hybridized carbons (Fsp3) is 0.105. The van der Waals surface area contributed by atoms with Crippen LogP contribution in [-0.4, -0.2) is 5.91 Å². The summed E-state index contributed by atoms with van der Waals surface area (Å²) < 4.78 is 0. The standard InChI is InChI=1S/C19H16N4O/c1-13-6-7-18(8-14(13)2)23-19(24)16-4-3-5-17(9-16)22-12-15(10-20)11-21/h3-9,12,22H,1-2H3,(H,23,24). The van der Waals surface area contributed by atoms with Crippen molar-refractivity contribution < 1.29 is 4.79 Å². The van der Waals surface area contributed by atoms with Gasteiger partial charge < -0.3 is 10.6 Å². The van der Waals surface area contributed by atoms with Crippen molar-refractivity contribution in [3.8, 4) is 12.1 Å². The number of nitrogens with zero attached hydrogens (tertiary/aromatic N) is 2. The molecular weight excluding hydrogens is 300 g/mol. The molecule has 0 saturated heterocycles. The first-order valence-electron chi connectivity index (χ1n) is 7.29. The second-order valence-corrected chi connectivity index (χ2v) is 5.26. The maximum absolute atomic E-state index is 12.4. The van der Waals surface area contributed by atoms with Gasteiger partial charge in [0.15, 0.2) is 0 Å². The number of carbonyl (C=O) groups is 1. The van der Waals surface area contributed by atoms with Crippen LogP contribution in [0.2, 0.25) is 0 Å². The molecule has 5 heteroatoms. The highest BCUT2D eigenvalue weighted by Crippen LogP contribution is 2.17. The van der Waals surface area contributed by atoms with E-state index in [0.29, 0.717) is 11.3 Å². The van der Waals surface area contributed by atoms with E-state index in [1.165, 1.54) is 6.20 Å². The minimum Gasteiger partial charge on any atom is -0.360 e. The molecule has 5 nitrogen and oxygen atoms in total. The molecule has 0 aliphatic carbocycles. The third-order valence-corrected chi connectivity index (χ3v) is 3.51. The minimum absolute atomic E-state index is 0.0417. The lowest BCUT2D eigenvalue weighted by Crippen LogP contribution is -2.12. The van der Waals surface area contributed by atoms with E-state index in [0.717, 1.165) is 16.8 Å². The van der Waals surface area contributed by atoms with E-state index in [1.807, 2.05) is 32.0 Å². The first-order chi connectivity index (χ1) is 11.5. The molecule has 0 aliphatic heterocycles. The number of hydrogen-bond donors (Lipinski definition) is 2. The van der Waals surface area contributed by atoms with Crippen molar-refractivity contribution in [2.24, 2.45) is 0 Å². The van der Waals surface area contributed by atoms with Crippen LogP contribution in [0.5, 0.6) is 0 Å². The Morgan fingerprint density at radius 2 is 1.75 bits per heavy atom. The van der Waals surface area contributed by atoms with Crippen LogP contribution in [0.1, 0.15) is 21.5 Å². The first kappa shape index (κ1) is 16.8. The number of rotatable bonds is 4. The van der Waals surface area contributed by atoms with Crippen LogP contribution in [0.3, 0.4) is 0 Å². The maximum atomic E-state index is 12.4. The lowest BCUT2D eigenvalue weighted by Gasteiger charge is -2.09. The monoisotopic (exact) mass is 316 g/mol. The van der Waals surface area contributed by atoms with Gasteiger partial charge in [0.25, 0.3) is 5.91 Å². The molecule has 0 spiro atoms. The number of carbonyl (C=O) groups excluding carboxylic acids is 1. The van der Waals surface area contributed by atoms with Crippen molar-refractivity contribution in [3.05, 3.63) is 70.9 Å². The summed E-state index contributed by atoms with van der Waals surface area (Å²) >= 11 is 0. The third kappa shape index (κ3) is 4.22. The molecule has 0 unspecified atom stereocenters. The number of amides is 1. The third-order valence-electron chi connectivity index (χ3n) is 3.51. The fourth-order valence-corrected chi connectivity index (χ4v) is 2.02. The van der Waals surface area contributed by atoms with Crippen LogP contribution in [-0.2, 0) is 0 Å². The molecule has 1 amide bonds. The van der Waals surface area contributed by atoms with Gasteiger partial charge in [0.1, 0.15) is 17.7 Å². The first-order valence-corrected chi connectivity index (χ1v) is 7.29. The summed E-state index contributed by atoms with van der Waals surface area (Å²) in [6, 6.07) is 16.1. The summed E-state index contributed by atoms with van der Waals surface area (Å²) in [5.74, 6) is -0.230. The number of nitrogens with one attached hydrogen (secondary N) is 2. The van der Waals surface area contributed by atoms with E-state index in [9.17, 15) is 4.79 Å². The van der Waals surface area contributed by atoms with E-state index in [4.69, 9.17) is 10.5 Å². The highest BCUT2D eigenvalue weighted by molar-refractivity contribution is 6.04. The van der Waals surface area contributed by atoms with Crippen molar-refractivity contribution in [1.82, 2.24) is 0 Å². The predicted molar refractivity (Wildman–Crippen MR) is 93.2 cm³/mol. The van der Waals surface area contributed by atoms with Gasteiger partial charge in [0.2, 0.25) is 0 Å². The van der Waals surface area contributed by atoms with Crippen molar-refractivity contribution in [3.63, 3.8) is 0 Å². The van der Waals surface area contributed by atoms with Gasteiger partial charge in [-0.15, -0.1) is 0 Å². The highest BCUT2D eigenvalue weighted by Gasteiger charge is 2.07. The number of nitriles is 2. The summed E-state index contributed by atoms with van der Waals surface area (Å²) in [6.45, 7) is 4.00. The summed E-state index contributed by atoms with van der Waals surface area (Å²) in [4.78, 5) is 12.4. The van der Waals surface area contributed by atoms with Crippen molar-refractivity contribution >= 4 is 17.3 Å². The molecule has 0 atom stereocenters. The van der Waals surface area contributed by atoms with Gasteiger partial charge in [-0.25, -0.2) is 0 Å². The Morgan fingerprint density at radius 1 is 1.00 bits per heavy atom. The Labute approximate surface area is 140 Å². The molecule has 2 rings (SSSR count). The molecular formula is C19H16N4O. The van der Waals surface area contributed by atoms with Crippen molar-refractivity contribution in [2.45, 2.75) is 13.8 Å². The van der Waals surface area contributed by atoms with Crippen LogP contribution < -0.4 is 10.6 Å². The van der Waals surface area contributed by atoms with Gasteiger partial charge in [-0.3, -0.25) is 4.79 Å². The molecule has 0 heterocycles. The van der Waals surface area contributed by atoms with Gasteiger partial charge in [-0.2, -0.15) is 10.5 Å². The molecule has 0 fully saturated rings. The van der Waals surface area contributed by atoms with E-state index in [2.05, 4.69) is 10.6 Å². The quantitative estimate of drug-likeness (QED) is 0.837. The number of aryl methyl sites for hydroxylation is 2. The number of allylic oxidation sites excluding steroid dienone is 1. The Balaban J connectivity index is 2.14. The van der Waals surface area contributed by atoms with Crippen LogP contribution in [0.15, 0.2) is 54.2 Å². The number of anilines is 2.